The van der Waals surface area contributed by atoms with Crippen LogP contribution in [0.3, 0.4) is 0 Å². The Balaban J connectivity index is 1.39. The second-order valence-electron chi connectivity index (χ2n) is 8.75. The van der Waals surface area contributed by atoms with Gasteiger partial charge in [-0.05, 0) is 81.1 Å². The molecule has 0 saturated carbocycles. The summed E-state index contributed by atoms with van der Waals surface area (Å²) in [7, 11) is 0. The van der Waals surface area contributed by atoms with E-state index in [2.05, 4.69) is 22.3 Å². The van der Waals surface area contributed by atoms with Gasteiger partial charge < -0.3 is 10.2 Å². The fraction of sp³-hybridized carbons (Fsp3) is 0.462. The summed E-state index contributed by atoms with van der Waals surface area (Å²) < 4.78 is 13.7. The topological polar surface area (TPSA) is 49.4 Å². The zero-order chi connectivity index (χ0) is 22.2. The van der Waals surface area contributed by atoms with Crippen LogP contribution in [0.1, 0.15) is 67.8 Å². The summed E-state index contributed by atoms with van der Waals surface area (Å²) in [4.78, 5) is 26.6. The highest BCUT2D eigenvalue weighted by atomic mass is 19.1. The second kappa shape index (κ2) is 11.2. The first kappa shape index (κ1) is 23.1. The average molecular weight is 425 g/mol. The predicted molar refractivity (Wildman–Crippen MR) is 123 cm³/mol. The molecular weight excluding hydrogens is 391 g/mol. The highest BCUT2D eigenvalue weighted by Gasteiger charge is 2.21. The zero-order valence-corrected chi connectivity index (χ0v) is 18.6. The van der Waals surface area contributed by atoms with Crippen molar-refractivity contribution in [1.82, 2.24) is 4.90 Å². The molecule has 1 saturated heterocycles. The van der Waals surface area contributed by atoms with Crippen molar-refractivity contribution in [2.24, 2.45) is 5.92 Å². The summed E-state index contributed by atoms with van der Waals surface area (Å²) in [5.74, 6) is -0.0206. The number of ketones is 1. The Labute approximate surface area is 184 Å². The molecule has 0 aliphatic carbocycles. The van der Waals surface area contributed by atoms with Crippen LogP contribution in [-0.4, -0.2) is 36.2 Å². The van der Waals surface area contributed by atoms with Gasteiger partial charge in [-0.3, -0.25) is 9.59 Å². The number of carbonyl (C=O) groups excluding carboxylic acids is 2. The van der Waals surface area contributed by atoms with Crippen LogP contribution < -0.4 is 5.32 Å². The minimum absolute atomic E-state index is 0.0334. The maximum atomic E-state index is 13.7. The lowest BCUT2D eigenvalue weighted by atomic mass is 9.89. The fourth-order valence-corrected chi connectivity index (χ4v) is 4.09. The van der Waals surface area contributed by atoms with Gasteiger partial charge in [-0.2, -0.15) is 0 Å². The number of carbonyl (C=O) groups is 2. The first-order valence-electron chi connectivity index (χ1n) is 11.3. The van der Waals surface area contributed by atoms with Gasteiger partial charge >= 0.3 is 0 Å². The summed E-state index contributed by atoms with van der Waals surface area (Å²) in [5.41, 5.74) is 2.37. The lowest BCUT2D eigenvalue weighted by Gasteiger charge is -2.32. The summed E-state index contributed by atoms with van der Waals surface area (Å²) in [6.45, 7) is 6.83. The van der Waals surface area contributed by atoms with Crippen molar-refractivity contribution in [3.8, 4) is 0 Å². The van der Waals surface area contributed by atoms with E-state index < -0.39 is 5.82 Å². The van der Waals surface area contributed by atoms with Crippen LogP contribution in [0.5, 0.6) is 0 Å². The van der Waals surface area contributed by atoms with E-state index in [9.17, 15) is 14.0 Å². The third kappa shape index (κ3) is 6.73. The molecule has 4 nitrogen and oxygen atoms in total. The van der Waals surface area contributed by atoms with E-state index in [-0.39, 0.29) is 23.2 Å². The van der Waals surface area contributed by atoms with Gasteiger partial charge in [0, 0.05) is 18.0 Å². The number of benzene rings is 2. The first-order chi connectivity index (χ1) is 14.9. The Hall–Kier alpha value is -2.53. The van der Waals surface area contributed by atoms with E-state index in [0.29, 0.717) is 12.3 Å². The highest BCUT2D eigenvalue weighted by molar-refractivity contribution is 5.96. The Morgan fingerprint density at radius 3 is 2.52 bits per heavy atom. The number of likely N-dealkylation sites (tertiary alicyclic amines) is 1. The van der Waals surface area contributed by atoms with Gasteiger partial charge in [0.25, 0.3) is 0 Å². The minimum atomic E-state index is -0.428. The van der Waals surface area contributed by atoms with Crippen LogP contribution in [0, 0.1) is 11.7 Å². The number of nitrogens with one attached hydrogen (secondary N) is 1. The Bertz CT molecular complexity index is 888. The molecule has 0 spiro atoms. The Kier molecular flexibility index (Phi) is 8.35. The Morgan fingerprint density at radius 2 is 1.81 bits per heavy atom. The number of Topliss-reactive ketones (excluding diaryl/α,β-unsaturated/α-hetero) is 1. The van der Waals surface area contributed by atoms with Gasteiger partial charge in [-0.1, -0.05) is 38.1 Å². The fourth-order valence-electron chi connectivity index (χ4n) is 4.09. The highest BCUT2D eigenvalue weighted by Crippen LogP contribution is 2.29. The molecule has 2 aromatic rings. The van der Waals surface area contributed by atoms with Crippen molar-refractivity contribution in [2.75, 3.05) is 25.0 Å². The molecule has 1 N–H and O–H groups in total. The molecule has 0 unspecified atom stereocenters. The summed E-state index contributed by atoms with van der Waals surface area (Å²) in [6, 6.07) is 14.4. The number of rotatable bonds is 9. The van der Waals surface area contributed by atoms with Crippen LogP contribution in [0.2, 0.25) is 0 Å². The maximum Gasteiger partial charge on any atom is 0.226 e. The number of hydrogen-bond donors (Lipinski definition) is 1. The summed E-state index contributed by atoms with van der Waals surface area (Å²) in [5, 5.41) is 2.99. The number of amides is 1. The molecule has 2 aromatic carbocycles. The average Bonchev–Trinajstić information content (AvgIpc) is 2.77. The van der Waals surface area contributed by atoms with Crippen molar-refractivity contribution < 1.29 is 14.0 Å². The van der Waals surface area contributed by atoms with Crippen molar-refractivity contribution in [3.63, 3.8) is 0 Å². The SMILES string of the molecule is CC(C)C(=O)Nc1cccc(C2CCN(CCCCC(=O)c3ccccc3F)CC2)c1. The third-order valence-electron chi connectivity index (χ3n) is 6.04. The van der Waals surface area contributed by atoms with Crippen molar-refractivity contribution in [3.05, 3.63) is 65.5 Å². The monoisotopic (exact) mass is 424 g/mol. The van der Waals surface area contributed by atoms with Gasteiger partial charge in [0.2, 0.25) is 5.91 Å². The number of unbranched alkanes of at least 4 members (excludes halogenated alkanes) is 1. The molecule has 3 rings (SSSR count). The summed E-state index contributed by atoms with van der Waals surface area (Å²) in [6.07, 6.45) is 4.31. The molecule has 31 heavy (non-hydrogen) atoms. The normalized spacial score (nSPS) is 15.2. The van der Waals surface area contributed by atoms with Crippen LogP contribution in [-0.2, 0) is 4.79 Å². The van der Waals surface area contributed by atoms with Gasteiger partial charge in [0.05, 0.1) is 5.56 Å². The van der Waals surface area contributed by atoms with E-state index >= 15 is 0 Å². The van der Waals surface area contributed by atoms with Gasteiger partial charge in [0.15, 0.2) is 5.78 Å². The quantitative estimate of drug-likeness (QED) is 0.418. The van der Waals surface area contributed by atoms with Crippen LogP contribution in [0.15, 0.2) is 48.5 Å². The number of halogens is 1. The maximum absolute atomic E-state index is 13.7. The smallest absolute Gasteiger partial charge is 0.226 e. The number of anilines is 1. The van der Waals surface area contributed by atoms with Gasteiger partial charge in [0.1, 0.15) is 5.82 Å². The zero-order valence-electron chi connectivity index (χ0n) is 18.6. The van der Waals surface area contributed by atoms with Crippen molar-refractivity contribution >= 4 is 17.4 Å². The standard InChI is InChI=1S/C26H33FN2O2/c1-19(2)26(31)28-22-9-7-8-21(18-22)20-13-16-29(17-14-20)15-6-5-12-25(30)23-10-3-4-11-24(23)27/h3-4,7-11,18-20H,5-6,12-17H2,1-2H3,(H,28,31). The van der Waals surface area contributed by atoms with Gasteiger partial charge in [-0.25, -0.2) is 4.39 Å². The van der Waals surface area contributed by atoms with E-state index in [1.165, 1.54) is 11.6 Å². The largest absolute Gasteiger partial charge is 0.326 e. The van der Waals surface area contributed by atoms with Crippen molar-refractivity contribution in [2.45, 2.75) is 51.9 Å². The van der Waals surface area contributed by atoms with E-state index in [4.69, 9.17) is 0 Å². The molecule has 1 fully saturated rings. The molecule has 5 heteroatoms. The number of piperidine rings is 1. The van der Waals surface area contributed by atoms with E-state index in [1.54, 1.807) is 18.2 Å². The molecule has 166 valence electrons. The molecule has 1 aliphatic heterocycles. The summed E-state index contributed by atoms with van der Waals surface area (Å²) >= 11 is 0. The number of hydrogen-bond acceptors (Lipinski definition) is 3. The van der Waals surface area contributed by atoms with Crippen molar-refractivity contribution in [1.29, 1.82) is 0 Å². The second-order valence-corrected chi connectivity index (χ2v) is 8.75. The molecule has 1 aliphatic rings. The predicted octanol–water partition coefficient (Wildman–Crippen LogP) is 5.65. The van der Waals surface area contributed by atoms with Crippen LogP contribution in [0.4, 0.5) is 10.1 Å². The lowest BCUT2D eigenvalue weighted by molar-refractivity contribution is -0.118. The molecule has 0 aromatic heterocycles. The first-order valence-corrected chi connectivity index (χ1v) is 11.3. The van der Waals surface area contributed by atoms with Crippen LogP contribution in [0.25, 0.3) is 0 Å². The Morgan fingerprint density at radius 1 is 1.06 bits per heavy atom. The molecular formula is C26H33FN2O2. The van der Waals surface area contributed by atoms with Crippen LogP contribution >= 0.6 is 0 Å². The lowest BCUT2D eigenvalue weighted by Crippen LogP contribution is -2.33. The van der Waals surface area contributed by atoms with E-state index in [0.717, 1.165) is 51.0 Å². The molecule has 1 amide bonds. The molecule has 1 heterocycles. The van der Waals surface area contributed by atoms with E-state index in [1.807, 2.05) is 26.0 Å². The molecule has 0 atom stereocenters. The number of nitrogens with zero attached hydrogens (tertiary/aromatic N) is 1. The van der Waals surface area contributed by atoms with Gasteiger partial charge in [-0.15, -0.1) is 0 Å². The minimum Gasteiger partial charge on any atom is -0.326 e. The molecule has 0 radical (unpaired) electrons. The third-order valence-corrected chi connectivity index (χ3v) is 6.04. The molecule has 0 bridgehead atoms.